The molecule has 1 aliphatic heterocycles. The average molecular weight is 389 g/mol. The zero-order chi connectivity index (χ0) is 16.9. The molecule has 6 nitrogen and oxygen atoms in total. The van der Waals surface area contributed by atoms with E-state index >= 15 is 0 Å². The third-order valence-electron chi connectivity index (χ3n) is 5.10. The molecule has 1 amide bonds. The van der Waals surface area contributed by atoms with Gasteiger partial charge in [0.05, 0.1) is 6.04 Å². The zero-order valence-corrected chi connectivity index (χ0v) is 16.4. The van der Waals surface area contributed by atoms with E-state index in [2.05, 4.69) is 15.7 Å². The normalized spacial score (nSPS) is 28.0. The smallest absolute Gasteiger partial charge is 0.271 e. The fraction of sp³-hybridized carbons (Fsp3) is 0.765. The number of aromatic nitrogens is 2. The van der Waals surface area contributed by atoms with Crippen LogP contribution in [0.15, 0.2) is 12.3 Å². The minimum Gasteiger partial charge on any atom is -0.348 e. The van der Waals surface area contributed by atoms with Gasteiger partial charge in [-0.3, -0.25) is 13.7 Å². The molecule has 1 aromatic heterocycles. The average Bonchev–Trinajstić information content (AvgIpc) is 3.12. The van der Waals surface area contributed by atoms with Gasteiger partial charge in [-0.25, -0.2) is 0 Å². The van der Waals surface area contributed by atoms with Crippen LogP contribution in [0.2, 0.25) is 0 Å². The van der Waals surface area contributed by atoms with Crippen molar-refractivity contribution < 1.29 is 9.00 Å². The van der Waals surface area contributed by atoms with Crippen molar-refractivity contribution in [3.8, 4) is 0 Å². The number of amides is 1. The lowest BCUT2D eigenvalue weighted by Crippen LogP contribution is -2.41. The molecule has 25 heavy (non-hydrogen) atoms. The molecule has 1 saturated carbocycles. The lowest BCUT2D eigenvalue weighted by molar-refractivity contribution is 0.0921. The molecule has 4 unspecified atom stereocenters. The van der Waals surface area contributed by atoms with Gasteiger partial charge in [-0.2, -0.15) is 5.10 Å². The number of hydrogen-bond donors (Lipinski definition) is 2. The Kier molecular flexibility index (Phi) is 7.90. The summed E-state index contributed by atoms with van der Waals surface area (Å²) < 4.78 is 13.9. The second-order valence-corrected chi connectivity index (χ2v) is 8.82. The largest absolute Gasteiger partial charge is 0.348 e. The van der Waals surface area contributed by atoms with Gasteiger partial charge in [-0.15, -0.1) is 12.4 Å². The first-order chi connectivity index (χ1) is 11.7. The zero-order valence-electron chi connectivity index (χ0n) is 14.8. The van der Waals surface area contributed by atoms with Gasteiger partial charge < -0.3 is 10.6 Å². The van der Waals surface area contributed by atoms with E-state index in [0.29, 0.717) is 17.5 Å². The molecular weight excluding hydrogens is 360 g/mol. The molecule has 2 aliphatic rings. The maximum absolute atomic E-state index is 12.5. The van der Waals surface area contributed by atoms with Crippen LogP contribution in [-0.2, 0) is 10.8 Å². The van der Waals surface area contributed by atoms with Crippen molar-refractivity contribution in [2.45, 2.75) is 62.8 Å². The monoisotopic (exact) mass is 388 g/mol. The van der Waals surface area contributed by atoms with Crippen molar-refractivity contribution >= 4 is 29.1 Å². The molecule has 2 fully saturated rings. The van der Waals surface area contributed by atoms with Gasteiger partial charge in [0.15, 0.2) is 0 Å². The summed E-state index contributed by atoms with van der Waals surface area (Å²) >= 11 is 0. The van der Waals surface area contributed by atoms with Crippen molar-refractivity contribution in [1.82, 2.24) is 20.4 Å². The van der Waals surface area contributed by atoms with Crippen LogP contribution < -0.4 is 10.6 Å². The van der Waals surface area contributed by atoms with Crippen LogP contribution in [-0.4, -0.2) is 50.0 Å². The highest BCUT2D eigenvalue weighted by atomic mass is 35.5. The summed E-state index contributed by atoms with van der Waals surface area (Å²) in [5.74, 6) is 0.594. The van der Waals surface area contributed by atoms with Gasteiger partial charge in [-0.1, -0.05) is 13.3 Å². The first-order valence-electron chi connectivity index (χ1n) is 9.11. The predicted octanol–water partition coefficient (Wildman–Crippen LogP) is 2.04. The number of nitrogens with zero attached hydrogens (tertiary/aromatic N) is 2. The Morgan fingerprint density at radius 2 is 2.24 bits per heavy atom. The Morgan fingerprint density at radius 1 is 1.40 bits per heavy atom. The van der Waals surface area contributed by atoms with Crippen LogP contribution in [0.25, 0.3) is 0 Å². The van der Waals surface area contributed by atoms with Crippen molar-refractivity contribution in [3.63, 3.8) is 0 Å². The van der Waals surface area contributed by atoms with Crippen LogP contribution >= 0.6 is 12.4 Å². The van der Waals surface area contributed by atoms with E-state index in [0.717, 1.165) is 51.6 Å². The number of piperidine rings is 1. The summed E-state index contributed by atoms with van der Waals surface area (Å²) in [5.41, 5.74) is 0.485. The molecule has 0 aromatic carbocycles. The van der Waals surface area contributed by atoms with Gasteiger partial charge in [0, 0.05) is 40.6 Å². The Morgan fingerprint density at radius 3 is 2.96 bits per heavy atom. The first-order valence-corrected chi connectivity index (χ1v) is 10.5. The molecule has 0 bridgehead atoms. The highest BCUT2D eigenvalue weighted by Gasteiger charge is 2.27. The Hall–Kier alpha value is -0.920. The first kappa shape index (κ1) is 20.4. The van der Waals surface area contributed by atoms with Crippen LogP contribution in [0.4, 0.5) is 0 Å². The lowest BCUT2D eigenvalue weighted by atomic mass is 9.95. The maximum Gasteiger partial charge on any atom is 0.271 e. The SMILES string of the molecule is CCS(=O)C1CCCC(NC(=O)c2ccn(C3CCCNC3)n2)C1.Cl. The number of hydrogen-bond acceptors (Lipinski definition) is 4. The van der Waals surface area contributed by atoms with E-state index in [4.69, 9.17) is 0 Å². The van der Waals surface area contributed by atoms with E-state index in [1.807, 2.05) is 17.8 Å². The Labute approximate surface area is 158 Å². The van der Waals surface area contributed by atoms with Crippen molar-refractivity contribution in [1.29, 1.82) is 0 Å². The molecule has 1 aromatic rings. The topological polar surface area (TPSA) is 76.0 Å². The lowest BCUT2D eigenvalue weighted by Gasteiger charge is -2.28. The molecule has 2 N–H and O–H groups in total. The summed E-state index contributed by atoms with van der Waals surface area (Å²) in [7, 11) is -0.771. The summed E-state index contributed by atoms with van der Waals surface area (Å²) in [4.78, 5) is 12.5. The third kappa shape index (κ3) is 5.28. The Bertz CT molecular complexity index is 589. The van der Waals surface area contributed by atoms with Gasteiger partial charge in [0.1, 0.15) is 5.69 Å². The predicted molar refractivity (Wildman–Crippen MR) is 103 cm³/mol. The van der Waals surface area contributed by atoms with E-state index in [9.17, 15) is 9.00 Å². The molecule has 4 atom stereocenters. The van der Waals surface area contributed by atoms with E-state index < -0.39 is 10.8 Å². The highest BCUT2D eigenvalue weighted by Crippen LogP contribution is 2.23. The second-order valence-electron chi connectivity index (χ2n) is 6.81. The Balaban J connectivity index is 0.00000225. The molecule has 8 heteroatoms. The van der Waals surface area contributed by atoms with Crippen LogP contribution in [0.5, 0.6) is 0 Å². The van der Waals surface area contributed by atoms with Crippen molar-refractivity contribution in [3.05, 3.63) is 18.0 Å². The summed E-state index contributed by atoms with van der Waals surface area (Å²) in [6.07, 6.45) is 7.98. The molecule has 3 rings (SSSR count). The standard InChI is InChI=1S/C17H28N4O2S.ClH/c1-2-24(23)15-7-3-5-13(11-15)19-17(22)16-8-10-21(20-16)14-6-4-9-18-12-14;/h8,10,13-15,18H,2-7,9,11-12H2,1H3,(H,19,22);1H. The molecule has 1 saturated heterocycles. The minimum absolute atomic E-state index is 0. The molecule has 0 radical (unpaired) electrons. The summed E-state index contributed by atoms with van der Waals surface area (Å²) in [5, 5.41) is 11.2. The van der Waals surface area contributed by atoms with Gasteiger partial charge >= 0.3 is 0 Å². The van der Waals surface area contributed by atoms with Crippen molar-refractivity contribution in [2.75, 3.05) is 18.8 Å². The molecule has 1 aliphatic carbocycles. The number of carbonyl (C=O) groups is 1. The fourth-order valence-electron chi connectivity index (χ4n) is 3.73. The second kappa shape index (κ2) is 9.69. The highest BCUT2D eigenvalue weighted by molar-refractivity contribution is 7.85. The quantitative estimate of drug-likeness (QED) is 0.809. The molecular formula is C17H29ClN4O2S. The maximum atomic E-state index is 12.5. The number of nitrogens with one attached hydrogen (secondary N) is 2. The number of carbonyl (C=O) groups excluding carboxylic acids is 1. The van der Waals surface area contributed by atoms with Gasteiger partial charge in [-0.05, 0) is 44.7 Å². The van der Waals surface area contributed by atoms with Crippen LogP contribution in [0, 0.1) is 0 Å². The fourth-order valence-corrected chi connectivity index (χ4v) is 5.08. The third-order valence-corrected chi connectivity index (χ3v) is 6.84. The van der Waals surface area contributed by atoms with Crippen molar-refractivity contribution in [2.24, 2.45) is 0 Å². The number of halogens is 1. The molecule has 2 heterocycles. The minimum atomic E-state index is -0.771. The molecule has 142 valence electrons. The van der Waals surface area contributed by atoms with Gasteiger partial charge in [0.2, 0.25) is 0 Å². The molecule has 0 spiro atoms. The van der Waals surface area contributed by atoms with E-state index in [-0.39, 0.29) is 29.6 Å². The van der Waals surface area contributed by atoms with E-state index in [1.54, 1.807) is 6.07 Å². The van der Waals surface area contributed by atoms with Gasteiger partial charge in [0.25, 0.3) is 5.91 Å². The summed E-state index contributed by atoms with van der Waals surface area (Å²) in [6, 6.07) is 2.26. The van der Waals surface area contributed by atoms with Crippen LogP contribution in [0.3, 0.4) is 0 Å². The van der Waals surface area contributed by atoms with Crippen LogP contribution in [0.1, 0.15) is 62.0 Å². The van der Waals surface area contributed by atoms with E-state index in [1.165, 1.54) is 0 Å². The summed E-state index contributed by atoms with van der Waals surface area (Å²) in [6.45, 7) is 3.94. The number of rotatable bonds is 5.